The van der Waals surface area contributed by atoms with Crippen LogP contribution in [0, 0.1) is 0 Å². The van der Waals surface area contributed by atoms with Crippen molar-refractivity contribution in [3.05, 3.63) is 23.8 Å². The minimum absolute atomic E-state index is 0.00279. The molecule has 1 aliphatic carbocycles. The summed E-state index contributed by atoms with van der Waals surface area (Å²) in [5, 5.41) is 11.4. The Kier molecular flexibility index (Phi) is 4.54. The van der Waals surface area contributed by atoms with Gasteiger partial charge >= 0.3 is 6.61 Å². The van der Waals surface area contributed by atoms with E-state index in [2.05, 4.69) is 9.89 Å². The van der Waals surface area contributed by atoms with Crippen LogP contribution in [0.4, 0.5) is 8.78 Å². The first-order valence-corrected chi connectivity index (χ1v) is 6.12. The molecule has 1 aromatic rings. The van der Waals surface area contributed by atoms with Crippen LogP contribution in [0.3, 0.4) is 0 Å². The molecule has 1 aromatic carbocycles. The molecule has 104 valence electrons. The minimum atomic E-state index is -2.90. The Morgan fingerprint density at radius 1 is 1.26 bits per heavy atom. The van der Waals surface area contributed by atoms with Crippen LogP contribution in [-0.4, -0.2) is 24.1 Å². The van der Waals surface area contributed by atoms with Crippen molar-refractivity contribution in [1.82, 2.24) is 0 Å². The van der Waals surface area contributed by atoms with E-state index in [0.29, 0.717) is 5.56 Å². The molecule has 6 heteroatoms. The molecule has 1 saturated carbocycles. The van der Waals surface area contributed by atoms with E-state index >= 15 is 0 Å². The predicted molar refractivity (Wildman–Crippen MR) is 65.3 cm³/mol. The van der Waals surface area contributed by atoms with Crippen molar-refractivity contribution >= 4 is 6.21 Å². The van der Waals surface area contributed by atoms with Crippen molar-refractivity contribution in [1.29, 1.82) is 0 Å². The fraction of sp³-hybridized carbons (Fsp3) is 0.462. The van der Waals surface area contributed by atoms with Crippen molar-refractivity contribution < 1.29 is 23.5 Å². The van der Waals surface area contributed by atoms with Crippen molar-refractivity contribution in [3.63, 3.8) is 0 Å². The van der Waals surface area contributed by atoms with E-state index < -0.39 is 6.61 Å². The van der Waals surface area contributed by atoms with Gasteiger partial charge < -0.3 is 14.7 Å². The van der Waals surface area contributed by atoms with Crippen LogP contribution in [0.5, 0.6) is 11.5 Å². The van der Waals surface area contributed by atoms with Gasteiger partial charge in [0.15, 0.2) is 11.5 Å². The number of hydrogen-bond acceptors (Lipinski definition) is 4. The number of nitrogens with zero attached hydrogens (tertiary/aromatic N) is 1. The fourth-order valence-corrected chi connectivity index (χ4v) is 2.14. The second-order valence-corrected chi connectivity index (χ2v) is 4.35. The van der Waals surface area contributed by atoms with Gasteiger partial charge in [0, 0.05) is 5.56 Å². The van der Waals surface area contributed by atoms with Crippen LogP contribution in [0.15, 0.2) is 23.4 Å². The molecule has 1 N–H and O–H groups in total. The molecule has 0 amide bonds. The molecule has 1 fully saturated rings. The van der Waals surface area contributed by atoms with Gasteiger partial charge in [-0.25, -0.2) is 0 Å². The lowest BCUT2D eigenvalue weighted by atomic mass is 10.2. The molecule has 0 aliphatic heterocycles. The first-order chi connectivity index (χ1) is 9.19. The third-order valence-corrected chi connectivity index (χ3v) is 2.99. The van der Waals surface area contributed by atoms with Gasteiger partial charge in [-0.2, -0.15) is 8.78 Å². The molecule has 2 rings (SSSR count). The Bertz CT molecular complexity index is 446. The van der Waals surface area contributed by atoms with Crippen molar-refractivity contribution in [2.24, 2.45) is 5.16 Å². The van der Waals surface area contributed by atoms with E-state index in [4.69, 9.17) is 9.94 Å². The summed E-state index contributed by atoms with van der Waals surface area (Å²) < 4.78 is 34.8. The smallest absolute Gasteiger partial charge is 0.387 e. The highest BCUT2D eigenvalue weighted by molar-refractivity contribution is 5.80. The second-order valence-electron chi connectivity index (χ2n) is 4.35. The van der Waals surface area contributed by atoms with Gasteiger partial charge in [0.2, 0.25) is 0 Å². The summed E-state index contributed by atoms with van der Waals surface area (Å²) in [7, 11) is 0. The van der Waals surface area contributed by atoms with Gasteiger partial charge in [-0.3, -0.25) is 0 Å². The minimum Gasteiger partial charge on any atom is -0.487 e. The average molecular weight is 271 g/mol. The monoisotopic (exact) mass is 271 g/mol. The molecule has 0 spiro atoms. The van der Waals surface area contributed by atoms with E-state index in [9.17, 15) is 8.78 Å². The third kappa shape index (κ3) is 3.81. The highest BCUT2D eigenvalue weighted by atomic mass is 19.3. The molecule has 4 nitrogen and oxygen atoms in total. The zero-order valence-electron chi connectivity index (χ0n) is 10.3. The van der Waals surface area contributed by atoms with Crippen LogP contribution in [0.2, 0.25) is 0 Å². The van der Waals surface area contributed by atoms with Gasteiger partial charge in [0.25, 0.3) is 0 Å². The predicted octanol–water partition coefficient (Wildman–Crippen LogP) is 3.42. The number of oxime groups is 1. The SMILES string of the molecule is O/N=C/c1ccc(OC(F)F)c(OC2CCCC2)c1. The van der Waals surface area contributed by atoms with E-state index in [-0.39, 0.29) is 17.6 Å². The lowest BCUT2D eigenvalue weighted by Gasteiger charge is -2.17. The van der Waals surface area contributed by atoms with Gasteiger partial charge in [-0.05, 0) is 43.9 Å². The lowest BCUT2D eigenvalue weighted by molar-refractivity contribution is -0.0520. The molecule has 1 aliphatic rings. The van der Waals surface area contributed by atoms with Crippen molar-refractivity contribution in [2.75, 3.05) is 0 Å². The summed E-state index contributed by atoms with van der Waals surface area (Å²) in [6, 6.07) is 4.42. The van der Waals surface area contributed by atoms with Crippen molar-refractivity contribution in [2.45, 2.75) is 38.4 Å². The number of alkyl halides is 2. The lowest BCUT2D eigenvalue weighted by Crippen LogP contribution is -2.13. The zero-order valence-corrected chi connectivity index (χ0v) is 10.3. The van der Waals surface area contributed by atoms with Gasteiger partial charge in [0.1, 0.15) is 0 Å². The highest BCUT2D eigenvalue weighted by Gasteiger charge is 2.19. The van der Waals surface area contributed by atoms with E-state index in [1.165, 1.54) is 24.4 Å². The van der Waals surface area contributed by atoms with Crippen LogP contribution >= 0.6 is 0 Å². The topological polar surface area (TPSA) is 51.1 Å². The maximum absolute atomic E-state index is 12.3. The Morgan fingerprint density at radius 3 is 2.63 bits per heavy atom. The number of ether oxygens (including phenoxy) is 2. The molecule has 0 unspecified atom stereocenters. The largest absolute Gasteiger partial charge is 0.487 e. The Morgan fingerprint density at radius 2 is 2.00 bits per heavy atom. The van der Waals surface area contributed by atoms with Gasteiger partial charge in [0.05, 0.1) is 12.3 Å². The van der Waals surface area contributed by atoms with Crippen LogP contribution in [-0.2, 0) is 0 Å². The molecule has 0 radical (unpaired) electrons. The quantitative estimate of drug-likeness (QED) is 0.507. The first kappa shape index (κ1) is 13.6. The second kappa shape index (κ2) is 6.36. The fourth-order valence-electron chi connectivity index (χ4n) is 2.14. The van der Waals surface area contributed by atoms with E-state index in [0.717, 1.165) is 25.7 Å². The summed E-state index contributed by atoms with van der Waals surface area (Å²) in [6.45, 7) is -2.90. The summed E-state index contributed by atoms with van der Waals surface area (Å²) in [4.78, 5) is 0. The molecular weight excluding hydrogens is 256 g/mol. The standard InChI is InChI=1S/C13H15F2NO3/c14-13(15)19-11-6-5-9(8-16-17)7-12(11)18-10-3-1-2-4-10/h5-8,10,13,17H,1-4H2/b16-8+. The molecule has 0 bridgehead atoms. The van der Waals surface area contributed by atoms with Crippen LogP contribution in [0.1, 0.15) is 31.2 Å². The summed E-state index contributed by atoms with van der Waals surface area (Å²) in [6.07, 6.45) is 5.20. The highest BCUT2D eigenvalue weighted by Crippen LogP contribution is 2.33. The molecule has 0 heterocycles. The van der Waals surface area contributed by atoms with Gasteiger partial charge in [-0.1, -0.05) is 5.16 Å². The molecule has 0 aromatic heterocycles. The first-order valence-electron chi connectivity index (χ1n) is 6.12. The Labute approximate surface area is 109 Å². The summed E-state index contributed by atoms with van der Waals surface area (Å²) >= 11 is 0. The van der Waals surface area contributed by atoms with Crippen LogP contribution < -0.4 is 9.47 Å². The van der Waals surface area contributed by atoms with Crippen molar-refractivity contribution in [3.8, 4) is 11.5 Å². The number of halogens is 2. The molecule has 19 heavy (non-hydrogen) atoms. The van der Waals surface area contributed by atoms with E-state index in [1.54, 1.807) is 0 Å². The van der Waals surface area contributed by atoms with E-state index in [1.807, 2.05) is 0 Å². The maximum atomic E-state index is 12.3. The maximum Gasteiger partial charge on any atom is 0.387 e. The third-order valence-electron chi connectivity index (χ3n) is 2.99. The normalized spacial score (nSPS) is 16.4. The Balaban J connectivity index is 2.20. The Hall–Kier alpha value is -1.85. The average Bonchev–Trinajstić information content (AvgIpc) is 2.85. The number of benzene rings is 1. The molecule has 0 atom stereocenters. The molecular formula is C13H15F2NO3. The number of hydrogen-bond donors (Lipinski definition) is 1. The van der Waals surface area contributed by atoms with Crippen LogP contribution in [0.25, 0.3) is 0 Å². The molecule has 0 saturated heterocycles. The van der Waals surface area contributed by atoms with Gasteiger partial charge in [-0.15, -0.1) is 0 Å². The summed E-state index contributed by atoms with van der Waals surface area (Å²) in [5.74, 6) is 0.251. The summed E-state index contributed by atoms with van der Waals surface area (Å²) in [5.41, 5.74) is 0.553. The number of rotatable bonds is 5. The zero-order chi connectivity index (χ0) is 13.7.